The van der Waals surface area contributed by atoms with Crippen LogP contribution >= 0.6 is 0 Å². The largest absolute Gasteiger partial charge is 0.502 e. The smallest absolute Gasteiger partial charge is 0.167 e. The number of hydrogen-bond acceptors (Lipinski definition) is 7. The summed E-state index contributed by atoms with van der Waals surface area (Å²) in [5.41, 5.74) is 6.91. The Kier molecular flexibility index (Phi) is 5.88. The molecule has 8 nitrogen and oxygen atoms in total. The Balaban J connectivity index is 0.00000192. The Morgan fingerprint density at radius 3 is 2.91 bits per heavy atom. The van der Waals surface area contributed by atoms with Crippen LogP contribution < -0.4 is 5.73 Å². The summed E-state index contributed by atoms with van der Waals surface area (Å²) in [5, 5.41) is 0.739. The van der Waals surface area contributed by atoms with Crippen LogP contribution in [0.25, 0.3) is 11.2 Å². The molecule has 0 unspecified atom stereocenters. The topological polar surface area (TPSA) is 113 Å². The van der Waals surface area contributed by atoms with E-state index >= 15 is 0 Å². The monoisotopic (exact) mass is 411 g/mol. The second-order valence-electron chi connectivity index (χ2n) is 5.16. The number of anilines is 1. The number of nitrogen functional groups attached to an aromatic ring is 1. The molecule has 0 aromatic carbocycles. The minimum atomic E-state index is -3.30. The second kappa shape index (κ2) is 7.33. The number of imidazole rings is 1. The van der Waals surface area contributed by atoms with Crippen LogP contribution in [0.15, 0.2) is 18.1 Å². The van der Waals surface area contributed by atoms with Gasteiger partial charge >= 0.3 is 0 Å². The van der Waals surface area contributed by atoms with Crippen LogP contribution in [0.2, 0.25) is 0 Å². The van der Waals surface area contributed by atoms with Gasteiger partial charge in [-0.25, -0.2) is 23.4 Å². The van der Waals surface area contributed by atoms with Crippen molar-refractivity contribution in [2.24, 2.45) is 0 Å². The Hall–Kier alpha value is -0.896. The fourth-order valence-electron chi connectivity index (χ4n) is 2.55. The number of ether oxygens (including phenoxy) is 1. The third-order valence-corrected chi connectivity index (χ3v) is 4.93. The zero-order valence-corrected chi connectivity index (χ0v) is 16.0. The van der Waals surface area contributed by atoms with Gasteiger partial charge in [-0.3, -0.25) is 4.57 Å². The van der Waals surface area contributed by atoms with Gasteiger partial charge in [-0.1, -0.05) is 0 Å². The molecule has 2 N–H and O–H groups in total. The molecule has 23 heavy (non-hydrogen) atoms. The normalized spacial score (nSPS) is 21.2. The number of hydrogen-bond donors (Lipinski definition) is 1. The maximum atomic E-state index is 11.4. The Bertz CT molecular complexity index is 807. The molecule has 2 aromatic rings. The van der Waals surface area contributed by atoms with Crippen LogP contribution in [0.1, 0.15) is 25.5 Å². The summed E-state index contributed by atoms with van der Waals surface area (Å²) in [4.78, 5) is 12.3. The summed E-state index contributed by atoms with van der Waals surface area (Å²) in [6, 6.07) is 0. The van der Waals surface area contributed by atoms with E-state index in [0.29, 0.717) is 23.4 Å². The van der Waals surface area contributed by atoms with E-state index in [9.17, 15) is 8.42 Å². The molecule has 3 heterocycles. The molecule has 0 bridgehead atoms. The molecule has 1 aliphatic heterocycles. The first-order valence-electron chi connectivity index (χ1n) is 6.86. The van der Waals surface area contributed by atoms with Gasteiger partial charge in [0.05, 0.1) is 18.2 Å². The Labute approximate surface area is 159 Å². The van der Waals surface area contributed by atoms with Crippen LogP contribution in [0.4, 0.5) is 5.82 Å². The van der Waals surface area contributed by atoms with Gasteiger partial charge in [0.2, 0.25) is 0 Å². The van der Waals surface area contributed by atoms with Crippen molar-refractivity contribution in [2.75, 3.05) is 11.5 Å². The van der Waals surface area contributed by atoms with Crippen molar-refractivity contribution in [3.63, 3.8) is 0 Å². The van der Waals surface area contributed by atoms with Gasteiger partial charge in [0, 0.05) is 32.7 Å². The molecule has 1 fully saturated rings. The third-order valence-electron chi connectivity index (χ3n) is 3.71. The first-order chi connectivity index (χ1) is 10.5. The molecule has 1 saturated heterocycles. The van der Waals surface area contributed by atoms with Gasteiger partial charge in [-0.05, 0) is 19.3 Å². The first kappa shape index (κ1) is 18.4. The van der Waals surface area contributed by atoms with E-state index in [1.54, 1.807) is 10.9 Å². The fourth-order valence-corrected chi connectivity index (χ4v) is 3.28. The predicted molar refractivity (Wildman–Crippen MR) is 80.2 cm³/mol. The van der Waals surface area contributed by atoms with E-state index in [-0.39, 0.29) is 50.8 Å². The Morgan fingerprint density at radius 1 is 1.39 bits per heavy atom. The van der Waals surface area contributed by atoms with Gasteiger partial charge in [-0.15, -0.1) is 0 Å². The molecule has 2 atom stereocenters. The fraction of sp³-hybridized carbons (Fsp3) is 0.462. The van der Waals surface area contributed by atoms with E-state index in [4.69, 9.17) is 17.0 Å². The number of aromatic nitrogens is 4. The summed E-state index contributed by atoms with van der Waals surface area (Å²) >= 11 is 0. The van der Waals surface area contributed by atoms with Gasteiger partial charge < -0.3 is 17.0 Å². The molecular formula is C13H16N5O3SY-. The maximum Gasteiger partial charge on any atom is 0.167 e. The van der Waals surface area contributed by atoms with Crippen molar-refractivity contribution < 1.29 is 45.9 Å². The first-order valence-corrected chi connectivity index (χ1v) is 8.58. The molecule has 3 rings (SSSR count). The minimum Gasteiger partial charge on any atom is -0.502 e. The average molecular weight is 411 g/mol. The number of rotatable bonds is 5. The summed E-state index contributed by atoms with van der Waals surface area (Å²) in [6.07, 6.45) is 4.58. The predicted octanol–water partition coefficient (Wildman–Crippen LogP) is 0.835. The SMILES string of the molecule is [CH-]=CS(=O)(=O)CC[C@@H]1CC[C@H](n2cnc3c(N)ncnc32)O1.[Y]. The van der Waals surface area contributed by atoms with Crippen molar-refractivity contribution in [3.8, 4) is 0 Å². The van der Waals surface area contributed by atoms with Gasteiger partial charge in [0.15, 0.2) is 11.5 Å². The molecule has 2 aromatic heterocycles. The van der Waals surface area contributed by atoms with E-state index in [2.05, 4.69) is 15.0 Å². The van der Waals surface area contributed by atoms with Crippen LogP contribution in [0, 0.1) is 6.58 Å². The number of nitrogens with two attached hydrogens (primary N) is 1. The number of fused-ring (bicyclic) bond motifs is 1. The zero-order valence-electron chi connectivity index (χ0n) is 12.4. The third kappa shape index (κ3) is 3.96. The number of nitrogens with zero attached hydrogens (tertiary/aromatic N) is 4. The van der Waals surface area contributed by atoms with E-state index in [1.807, 2.05) is 0 Å². The molecule has 0 aliphatic carbocycles. The van der Waals surface area contributed by atoms with E-state index in [0.717, 1.165) is 18.2 Å². The quantitative estimate of drug-likeness (QED) is 0.726. The molecule has 0 saturated carbocycles. The molecular weight excluding hydrogens is 395 g/mol. The van der Waals surface area contributed by atoms with Gasteiger partial charge in [-0.2, -0.15) is 5.41 Å². The van der Waals surface area contributed by atoms with Crippen LogP contribution in [0.3, 0.4) is 0 Å². The van der Waals surface area contributed by atoms with Crippen molar-refractivity contribution in [3.05, 3.63) is 24.6 Å². The van der Waals surface area contributed by atoms with Crippen LogP contribution in [-0.2, 0) is 47.3 Å². The maximum absolute atomic E-state index is 11.4. The van der Waals surface area contributed by atoms with Crippen molar-refractivity contribution in [1.82, 2.24) is 19.5 Å². The van der Waals surface area contributed by atoms with Gasteiger partial charge in [0.25, 0.3) is 0 Å². The summed E-state index contributed by atoms with van der Waals surface area (Å²) in [7, 11) is -3.30. The van der Waals surface area contributed by atoms with E-state index < -0.39 is 9.84 Å². The van der Waals surface area contributed by atoms with E-state index in [1.165, 1.54) is 6.33 Å². The zero-order chi connectivity index (χ0) is 15.7. The average Bonchev–Trinajstić information content (AvgIpc) is 3.12. The number of sulfone groups is 1. The Morgan fingerprint density at radius 2 is 2.17 bits per heavy atom. The molecule has 0 spiro atoms. The van der Waals surface area contributed by atoms with Crippen molar-refractivity contribution in [1.29, 1.82) is 0 Å². The minimum absolute atomic E-state index is 0. The van der Waals surface area contributed by atoms with Crippen LogP contribution in [-0.4, -0.2) is 39.8 Å². The summed E-state index contributed by atoms with van der Waals surface area (Å²) < 4.78 is 30.5. The summed E-state index contributed by atoms with van der Waals surface area (Å²) in [6.45, 7) is 5.08. The summed E-state index contributed by atoms with van der Waals surface area (Å²) in [5.74, 6) is 0.309. The van der Waals surface area contributed by atoms with Gasteiger partial charge in [0.1, 0.15) is 27.9 Å². The second-order valence-corrected chi connectivity index (χ2v) is 7.17. The molecule has 1 aliphatic rings. The van der Waals surface area contributed by atoms with Crippen molar-refractivity contribution in [2.45, 2.75) is 31.6 Å². The molecule has 10 heteroatoms. The molecule has 1 radical (unpaired) electrons. The molecule has 121 valence electrons. The van der Waals surface area contributed by atoms with Crippen molar-refractivity contribution >= 4 is 26.8 Å². The standard InChI is InChI=1S/C13H16N5O3S.Y/c1-2-22(19,20)6-5-9-3-4-10(21-9)18-8-17-11-12(14)15-7-16-13(11)18;/h1-2,7-10H,3-6H2,(H2,14,15,16);/q-1;/t9-,10+;/m0./s1. The van der Waals surface area contributed by atoms with Crippen LogP contribution in [0.5, 0.6) is 0 Å². The molecule has 0 amide bonds.